The molecule has 8 heteroatoms. The SMILES string of the molecule is CCCCCCCCCCCC[n+]1cccc(C2OCC3(CO2)COC(c2ccc[n+](CCCCCCCCCCCC)c2)OC3)c1.[Br-].[Br-]. The Hall–Kier alpha value is -0.900. The zero-order chi connectivity index (χ0) is 32.8. The highest BCUT2D eigenvalue weighted by Crippen LogP contribution is 2.37. The van der Waals surface area contributed by atoms with Gasteiger partial charge in [0.25, 0.3) is 0 Å². The van der Waals surface area contributed by atoms with E-state index in [1.807, 2.05) is 0 Å². The first-order valence-electron chi connectivity index (χ1n) is 19.7. The van der Waals surface area contributed by atoms with E-state index >= 15 is 0 Å². The van der Waals surface area contributed by atoms with Gasteiger partial charge < -0.3 is 52.9 Å². The molecule has 0 atom stereocenters. The van der Waals surface area contributed by atoms with Crippen molar-refractivity contribution < 1.29 is 62.0 Å². The van der Waals surface area contributed by atoms with Crippen molar-refractivity contribution in [2.24, 2.45) is 5.41 Å². The maximum atomic E-state index is 6.28. The molecule has 0 unspecified atom stereocenters. The van der Waals surface area contributed by atoms with Gasteiger partial charge in [-0.05, 0) is 25.0 Å². The third kappa shape index (κ3) is 17.0. The van der Waals surface area contributed by atoms with Crippen molar-refractivity contribution in [2.75, 3.05) is 26.4 Å². The first-order chi connectivity index (χ1) is 23.2. The number of hydrogen-bond donors (Lipinski definition) is 0. The zero-order valence-electron chi connectivity index (χ0n) is 30.9. The summed E-state index contributed by atoms with van der Waals surface area (Å²) in [7, 11) is 0. The van der Waals surface area contributed by atoms with Gasteiger partial charge in [0.05, 0.1) is 43.0 Å². The molecule has 2 aromatic rings. The molecule has 2 aliphatic rings. The molecule has 4 heterocycles. The predicted octanol–water partition coefficient (Wildman–Crippen LogP) is 3.89. The Morgan fingerprint density at radius 2 is 0.796 bits per heavy atom. The summed E-state index contributed by atoms with van der Waals surface area (Å²) in [6.07, 6.45) is 35.2. The minimum Gasteiger partial charge on any atom is -1.00 e. The lowest BCUT2D eigenvalue weighted by Gasteiger charge is -2.43. The number of hydrogen-bond acceptors (Lipinski definition) is 4. The number of halogens is 2. The lowest BCUT2D eigenvalue weighted by molar-refractivity contribution is -0.698. The molecule has 49 heavy (non-hydrogen) atoms. The smallest absolute Gasteiger partial charge is 0.189 e. The summed E-state index contributed by atoms with van der Waals surface area (Å²) < 4.78 is 29.7. The summed E-state index contributed by atoms with van der Waals surface area (Å²) in [6, 6.07) is 8.45. The fourth-order valence-electron chi connectivity index (χ4n) is 6.95. The second kappa shape index (κ2) is 26.8. The van der Waals surface area contributed by atoms with Gasteiger partial charge in [0, 0.05) is 25.0 Å². The summed E-state index contributed by atoms with van der Waals surface area (Å²) in [6.45, 7) is 8.96. The third-order valence-electron chi connectivity index (χ3n) is 10.0. The van der Waals surface area contributed by atoms with E-state index in [-0.39, 0.29) is 52.0 Å². The largest absolute Gasteiger partial charge is 1.00 e. The van der Waals surface area contributed by atoms with Crippen molar-refractivity contribution in [2.45, 2.75) is 168 Å². The Kier molecular flexibility index (Phi) is 24.2. The highest BCUT2D eigenvalue weighted by molar-refractivity contribution is 5.09. The van der Waals surface area contributed by atoms with Crippen LogP contribution in [0, 0.1) is 5.41 Å². The van der Waals surface area contributed by atoms with E-state index in [0.717, 1.165) is 24.2 Å². The summed E-state index contributed by atoms with van der Waals surface area (Å²) >= 11 is 0. The Balaban J connectivity index is 0.00000417. The van der Waals surface area contributed by atoms with Gasteiger partial charge in [0.1, 0.15) is 13.1 Å². The van der Waals surface area contributed by atoms with E-state index in [0.29, 0.717) is 26.4 Å². The van der Waals surface area contributed by atoms with Crippen LogP contribution in [-0.2, 0) is 32.0 Å². The van der Waals surface area contributed by atoms with Gasteiger partial charge in [0.2, 0.25) is 0 Å². The molecular formula is C41H68Br2N2O4. The third-order valence-corrected chi connectivity index (χ3v) is 10.0. The maximum Gasteiger partial charge on any atom is 0.189 e. The summed E-state index contributed by atoms with van der Waals surface area (Å²) in [4.78, 5) is 0. The van der Waals surface area contributed by atoms with Crippen LogP contribution in [0.25, 0.3) is 0 Å². The minimum absolute atomic E-state index is 0. The van der Waals surface area contributed by atoms with E-state index in [1.54, 1.807) is 0 Å². The Labute approximate surface area is 320 Å². The van der Waals surface area contributed by atoms with Gasteiger partial charge in [-0.15, -0.1) is 0 Å². The summed E-state index contributed by atoms with van der Waals surface area (Å²) in [5.74, 6) is 0. The van der Waals surface area contributed by atoms with Crippen molar-refractivity contribution in [1.82, 2.24) is 0 Å². The molecule has 2 aliphatic heterocycles. The number of pyridine rings is 2. The van der Waals surface area contributed by atoms with Crippen LogP contribution in [0.15, 0.2) is 49.1 Å². The second-order valence-corrected chi connectivity index (χ2v) is 14.5. The van der Waals surface area contributed by atoms with Crippen LogP contribution in [0.4, 0.5) is 0 Å². The number of aryl methyl sites for hydroxylation is 2. The van der Waals surface area contributed by atoms with Crippen LogP contribution >= 0.6 is 0 Å². The van der Waals surface area contributed by atoms with Crippen molar-refractivity contribution in [3.8, 4) is 0 Å². The summed E-state index contributed by atoms with van der Waals surface area (Å²) in [5.41, 5.74) is 1.91. The van der Waals surface area contributed by atoms with E-state index in [2.05, 4.69) is 72.0 Å². The molecule has 0 bridgehead atoms. The average molecular weight is 813 g/mol. The van der Waals surface area contributed by atoms with Crippen LogP contribution in [0.2, 0.25) is 0 Å². The fourth-order valence-corrected chi connectivity index (χ4v) is 6.95. The molecule has 0 radical (unpaired) electrons. The number of nitrogens with zero attached hydrogens (tertiary/aromatic N) is 2. The molecule has 1 spiro atoms. The van der Waals surface area contributed by atoms with E-state index < -0.39 is 0 Å². The maximum absolute atomic E-state index is 6.28. The molecule has 2 fully saturated rings. The monoisotopic (exact) mass is 810 g/mol. The minimum atomic E-state index is -0.336. The first kappa shape index (κ1) is 44.3. The molecule has 2 saturated heterocycles. The number of ether oxygens (including phenoxy) is 4. The van der Waals surface area contributed by atoms with Crippen LogP contribution in [0.5, 0.6) is 0 Å². The highest BCUT2D eigenvalue weighted by Gasteiger charge is 2.43. The van der Waals surface area contributed by atoms with Crippen molar-refractivity contribution >= 4 is 0 Å². The van der Waals surface area contributed by atoms with E-state index in [1.165, 1.54) is 128 Å². The van der Waals surface area contributed by atoms with E-state index in [4.69, 9.17) is 18.9 Å². The molecule has 0 saturated carbocycles. The van der Waals surface area contributed by atoms with Crippen LogP contribution < -0.4 is 43.1 Å². The van der Waals surface area contributed by atoms with E-state index in [9.17, 15) is 0 Å². The number of unbranched alkanes of at least 4 members (excludes halogenated alkanes) is 18. The molecule has 6 nitrogen and oxygen atoms in total. The van der Waals surface area contributed by atoms with Gasteiger partial charge in [-0.1, -0.05) is 117 Å². The normalized spacial score (nSPS) is 20.5. The lowest BCUT2D eigenvalue weighted by atomic mass is 9.90. The van der Waals surface area contributed by atoms with Crippen molar-refractivity contribution in [1.29, 1.82) is 0 Å². The Morgan fingerprint density at radius 1 is 0.490 bits per heavy atom. The van der Waals surface area contributed by atoms with Gasteiger partial charge in [0.15, 0.2) is 37.4 Å². The van der Waals surface area contributed by atoms with Crippen LogP contribution in [0.1, 0.15) is 166 Å². The highest BCUT2D eigenvalue weighted by atomic mass is 79.9. The lowest BCUT2D eigenvalue weighted by Crippen LogP contribution is -3.00. The fraction of sp³-hybridized carbons (Fsp3) is 0.756. The van der Waals surface area contributed by atoms with Gasteiger partial charge in [-0.25, -0.2) is 9.13 Å². The number of rotatable bonds is 24. The molecule has 0 N–H and O–H groups in total. The van der Waals surface area contributed by atoms with Crippen LogP contribution in [0.3, 0.4) is 0 Å². The first-order valence-corrected chi connectivity index (χ1v) is 19.7. The molecular weight excluding hydrogens is 744 g/mol. The molecule has 0 aliphatic carbocycles. The number of aromatic nitrogens is 2. The Morgan fingerprint density at radius 3 is 1.12 bits per heavy atom. The summed E-state index contributed by atoms with van der Waals surface area (Å²) in [5, 5.41) is 0. The van der Waals surface area contributed by atoms with Crippen molar-refractivity contribution in [3.63, 3.8) is 0 Å². The standard InChI is InChI=1S/C41H68N2O4.2BrH/c1-3-5-7-9-11-13-15-17-19-21-27-42-29-23-25-37(31-42)39-44-33-41(34-45-39)35-46-40(47-36-41)38-26-24-30-43(32-38)28-22-20-18-16-14-12-10-8-6-4-2;;/h23-26,29-32,39-40H,3-22,27-28,33-36H2,1-2H3;2*1H/q+2;;/p-2. The molecule has 0 aromatic carbocycles. The molecule has 280 valence electrons. The van der Waals surface area contributed by atoms with Crippen molar-refractivity contribution in [3.05, 3.63) is 60.2 Å². The van der Waals surface area contributed by atoms with Gasteiger partial charge in [-0.2, -0.15) is 0 Å². The topological polar surface area (TPSA) is 44.7 Å². The van der Waals surface area contributed by atoms with Crippen LogP contribution in [-0.4, -0.2) is 26.4 Å². The molecule has 4 rings (SSSR count). The molecule has 2 aromatic heterocycles. The zero-order valence-corrected chi connectivity index (χ0v) is 34.1. The predicted molar refractivity (Wildman–Crippen MR) is 189 cm³/mol. The van der Waals surface area contributed by atoms with Gasteiger partial charge >= 0.3 is 0 Å². The average Bonchev–Trinajstić information content (AvgIpc) is 3.11. The quantitative estimate of drug-likeness (QED) is 0.119. The second-order valence-electron chi connectivity index (χ2n) is 14.5. The Bertz CT molecular complexity index is 1000. The molecule has 0 amide bonds. The van der Waals surface area contributed by atoms with Gasteiger partial charge in [-0.3, -0.25) is 0 Å².